The summed E-state index contributed by atoms with van der Waals surface area (Å²) < 4.78 is 5.29. The van der Waals surface area contributed by atoms with Crippen LogP contribution in [-0.2, 0) is 0 Å². The molecule has 0 fully saturated rings. The minimum absolute atomic E-state index is 0.532. The molecule has 0 saturated heterocycles. The number of furan rings is 1. The Kier molecular flexibility index (Phi) is 3.22. The highest BCUT2D eigenvalue weighted by molar-refractivity contribution is 5.51. The van der Waals surface area contributed by atoms with Crippen molar-refractivity contribution < 1.29 is 4.42 Å². The Bertz CT molecular complexity index is 481. The van der Waals surface area contributed by atoms with Gasteiger partial charge >= 0.3 is 0 Å². The van der Waals surface area contributed by atoms with Crippen LogP contribution in [0.25, 0.3) is 11.6 Å². The summed E-state index contributed by atoms with van der Waals surface area (Å²) in [6.07, 6.45) is 1.60. The molecule has 2 heterocycles. The van der Waals surface area contributed by atoms with Crippen LogP contribution in [0, 0.1) is 0 Å². The summed E-state index contributed by atoms with van der Waals surface area (Å²) in [5.41, 5.74) is 0. The Balaban J connectivity index is 2.44. The van der Waals surface area contributed by atoms with Crippen LogP contribution in [0.3, 0.4) is 0 Å². The monoisotopic (exact) mass is 233 g/mol. The van der Waals surface area contributed by atoms with Gasteiger partial charge in [0.15, 0.2) is 5.76 Å². The Morgan fingerprint density at radius 2 is 2.12 bits per heavy atom. The minimum Gasteiger partial charge on any atom is -0.461 e. The quantitative estimate of drug-likeness (QED) is 0.865. The van der Waals surface area contributed by atoms with Crippen molar-refractivity contribution in [2.24, 2.45) is 0 Å². The normalized spacial score (nSPS) is 10.3. The Hall–Kier alpha value is -2.11. The molecule has 0 aliphatic rings. The van der Waals surface area contributed by atoms with Crippen LogP contribution >= 0.6 is 0 Å². The maximum atomic E-state index is 5.29. The van der Waals surface area contributed by atoms with E-state index >= 15 is 0 Å². The third-order valence-corrected chi connectivity index (χ3v) is 2.10. The van der Waals surface area contributed by atoms with E-state index in [-0.39, 0.29) is 0 Å². The molecule has 0 radical (unpaired) electrons. The lowest BCUT2D eigenvalue weighted by molar-refractivity contribution is 0.577. The van der Waals surface area contributed by atoms with E-state index in [9.17, 15) is 0 Å². The van der Waals surface area contributed by atoms with Crippen molar-refractivity contribution >= 4 is 11.9 Å². The lowest BCUT2D eigenvalue weighted by Crippen LogP contribution is -2.15. The molecule has 0 aliphatic carbocycles. The predicted octanol–water partition coefficient (Wildman–Crippen LogP) is 1.63. The first kappa shape index (κ1) is 11.4. The average molecular weight is 233 g/mol. The van der Waals surface area contributed by atoms with Gasteiger partial charge in [-0.1, -0.05) is 0 Å². The molecule has 0 saturated carbocycles. The van der Waals surface area contributed by atoms with Crippen molar-refractivity contribution in [1.82, 2.24) is 15.0 Å². The largest absolute Gasteiger partial charge is 0.461 e. The van der Waals surface area contributed by atoms with E-state index in [1.807, 2.05) is 32.0 Å². The molecule has 90 valence electrons. The highest BCUT2D eigenvalue weighted by Gasteiger charge is 2.11. The molecule has 0 aromatic carbocycles. The van der Waals surface area contributed by atoms with Crippen molar-refractivity contribution in [3.63, 3.8) is 0 Å². The maximum absolute atomic E-state index is 5.29. The van der Waals surface area contributed by atoms with Crippen LogP contribution in [0.4, 0.5) is 11.9 Å². The molecule has 17 heavy (non-hydrogen) atoms. The summed E-state index contributed by atoms with van der Waals surface area (Å²) in [6.45, 7) is 2.75. The third kappa shape index (κ3) is 2.52. The van der Waals surface area contributed by atoms with Gasteiger partial charge in [-0.15, -0.1) is 0 Å². The zero-order valence-corrected chi connectivity index (χ0v) is 10.1. The molecule has 2 aromatic heterocycles. The standard InChI is InChI=1S/C11H15N5O/c1-4-12-10-13-9(8-6-5-7-17-8)14-11(15-10)16(2)3/h5-7H,4H2,1-3H3,(H,12,13,14,15). The Morgan fingerprint density at radius 3 is 2.71 bits per heavy atom. The lowest BCUT2D eigenvalue weighted by Gasteiger charge is -2.12. The second-order valence-corrected chi connectivity index (χ2v) is 3.68. The van der Waals surface area contributed by atoms with Crippen molar-refractivity contribution in [3.8, 4) is 11.6 Å². The van der Waals surface area contributed by atoms with Gasteiger partial charge in [0.2, 0.25) is 17.7 Å². The van der Waals surface area contributed by atoms with Crippen LogP contribution in [0.1, 0.15) is 6.92 Å². The molecule has 0 atom stereocenters. The first-order valence-corrected chi connectivity index (χ1v) is 5.42. The molecule has 0 unspecified atom stereocenters. The highest BCUT2D eigenvalue weighted by Crippen LogP contribution is 2.18. The van der Waals surface area contributed by atoms with E-state index in [0.29, 0.717) is 23.5 Å². The molecular formula is C11H15N5O. The van der Waals surface area contributed by atoms with Crippen LogP contribution in [-0.4, -0.2) is 35.6 Å². The fourth-order valence-corrected chi connectivity index (χ4v) is 1.32. The Morgan fingerprint density at radius 1 is 1.29 bits per heavy atom. The van der Waals surface area contributed by atoms with Crippen LogP contribution in [0.5, 0.6) is 0 Å². The van der Waals surface area contributed by atoms with Gasteiger partial charge in [0.05, 0.1) is 6.26 Å². The molecular weight excluding hydrogens is 218 g/mol. The number of nitrogens with one attached hydrogen (secondary N) is 1. The van der Waals surface area contributed by atoms with Crippen LogP contribution in [0.2, 0.25) is 0 Å². The lowest BCUT2D eigenvalue weighted by atomic mass is 10.4. The smallest absolute Gasteiger partial charge is 0.230 e. The van der Waals surface area contributed by atoms with Crippen LogP contribution < -0.4 is 10.2 Å². The van der Waals surface area contributed by atoms with E-state index in [2.05, 4.69) is 20.3 Å². The fraction of sp³-hybridized carbons (Fsp3) is 0.364. The topological polar surface area (TPSA) is 67.1 Å². The molecule has 0 amide bonds. The Labute approximate surface area is 99.7 Å². The minimum atomic E-state index is 0.532. The van der Waals surface area contributed by atoms with Crippen LogP contribution in [0.15, 0.2) is 22.8 Å². The number of hydrogen-bond donors (Lipinski definition) is 1. The molecule has 2 aromatic rings. The van der Waals surface area contributed by atoms with E-state index < -0.39 is 0 Å². The third-order valence-electron chi connectivity index (χ3n) is 2.10. The first-order chi connectivity index (χ1) is 8.20. The van der Waals surface area contributed by atoms with E-state index in [4.69, 9.17) is 4.42 Å². The summed E-state index contributed by atoms with van der Waals surface area (Å²) in [5.74, 6) is 2.32. The fourth-order valence-electron chi connectivity index (χ4n) is 1.32. The van der Waals surface area contributed by atoms with E-state index in [1.165, 1.54) is 0 Å². The second-order valence-electron chi connectivity index (χ2n) is 3.68. The van der Waals surface area contributed by atoms with Crippen molar-refractivity contribution in [2.45, 2.75) is 6.92 Å². The van der Waals surface area contributed by atoms with Gasteiger partial charge in [-0.3, -0.25) is 0 Å². The SMILES string of the molecule is CCNc1nc(-c2ccco2)nc(N(C)C)n1. The van der Waals surface area contributed by atoms with Gasteiger partial charge in [0.25, 0.3) is 0 Å². The van der Waals surface area contributed by atoms with Crippen molar-refractivity contribution in [3.05, 3.63) is 18.4 Å². The summed E-state index contributed by atoms with van der Waals surface area (Å²) >= 11 is 0. The summed E-state index contributed by atoms with van der Waals surface area (Å²) in [6, 6.07) is 3.63. The van der Waals surface area contributed by atoms with Gasteiger partial charge in [-0.05, 0) is 19.1 Å². The first-order valence-electron chi connectivity index (χ1n) is 5.42. The number of rotatable bonds is 4. The zero-order valence-electron chi connectivity index (χ0n) is 10.1. The number of nitrogens with zero attached hydrogens (tertiary/aromatic N) is 4. The van der Waals surface area contributed by atoms with Crippen molar-refractivity contribution in [1.29, 1.82) is 0 Å². The molecule has 1 N–H and O–H groups in total. The van der Waals surface area contributed by atoms with Gasteiger partial charge in [-0.2, -0.15) is 15.0 Å². The number of hydrogen-bond acceptors (Lipinski definition) is 6. The number of anilines is 2. The average Bonchev–Trinajstić information content (AvgIpc) is 2.82. The summed E-state index contributed by atoms with van der Waals surface area (Å²) in [7, 11) is 3.77. The second kappa shape index (κ2) is 4.82. The summed E-state index contributed by atoms with van der Waals surface area (Å²) in [5, 5.41) is 3.07. The summed E-state index contributed by atoms with van der Waals surface area (Å²) in [4.78, 5) is 14.7. The maximum Gasteiger partial charge on any atom is 0.230 e. The van der Waals surface area contributed by atoms with Gasteiger partial charge in [0, 0.05) is 20.6 Å². The van der Waals surface area contributed by atoms with Gasteiger partial charge in [0.1, 0.15) is 0 Å². The zero-order chi connectivity index (χ0) is 12.3. The highest BCUT2D eigenvalue weighted by atomic mass is 16.3. The van der Waals surface area contributed by atoms with E-state index in [0.717, 1.165) is 6.54 Å². The predicted molar refractivity (Wildman–Crippen MR) is 66.0 cm³/mol. The number of aromatic nitrogens is 3. The molecule has 0 aliphatic heterocycles. The molecule has 0 spiro atoms. The van der Waals surface area contributed by atoms with Crippen molar-refractivity contribution in [2.75, 3.05) is 30.9 Å². The van der Waals surface area contributed by atoms with Gasteiger partial charge < -0.3 is 14.6 Å². The van der Waals surface area contributed by atoms with E-state index in [1.54, 1.807) is 12.3 Å². The van der Waals surface area contributed by atoms with Gasteiger partial charge in [-0.25, -0.2) is 0 Å². The molecule has 6 heteroatoms. The molecule has 6 nitrogen and oxygen atoms in total. The molecule has 0 bridgehead atoms. The molecule has 2 rings (SSSR count).